The Bertz CT molecular complexity index is 659. The number of hydrogen-bond donors (Lipinski definition) is 0. The predicted octanol–water partition coefficient (Wildman–Crippen LogP) is 2.60. The first kappa shape index (κ1) is 19.7. The molecule has 6 nitrogen and oxygen atoms in total. The minimum Gasteiger partial charge on any atom is -0.496 e. The molecule has 148 valence electrons. The van der Waals surface area contributed by atoms with Crippen molar-refractivity contribution in [3.63, 3.8) is 0 Å². The molecule has 0 radical (unpaired) electrons. The van der Waals surface area contributed by atoms with Gasteiger partial charge in [0.15, 0.2) is 0 Å². The number of benzene rings is 1. The van der Waals surface area contributed by atoms with Crippen LogP contribution in [0.5, 0.6) is 5.75 Å². The van der Waals surface area contributed by atoms with Crippen LogP contribution in [0.3, 0.4) is 0 Å². The Labute approximate surface area is 161 Å². The van der Waals surface area contributed by atoms with Gasteiger partial charge in [-0.1, -0.05) is 18.2 Å². The molecule has 1 aromatic carbocycles. The van der Waals surface area contributed by atoms with Crippen molar-refractivity contribution in [2.45, 2.75) is 57.7 Å². The number of carbonyl (C=O) groups is 2. The van der Waals surface area contributed by atoms with Gasteiger partial charge in [0.05, 0.1) is 20.3 Å². The van der Waals surface area contributed by atoms with Gasteiger partial charge in [-0.3, -0.25) is 9.69 Å². The minimum atomic E-state index is -0.432. The summed E-state index contributed by atoms with van der Waals surface area (Å²) in [6.07, 6.45) is 4.83. The maximum absolute atomic E-state index is 13.0. The van der Waals surface area contributed by atoms with Gasteiger partial charge in [0.1, 0.15) is 11.8 Å². The topological polar surface area (TPSA) is 59.1 Å². The van der Waals surface area contributed by atoms with E-state index >= 15 is 0 Å². The molecule has 1 aromatic rings. The molecule has 1 unspecified atom stereocenters. The third-order valence-corrected chi connectivity index (χ3v) is 5.35. The normalized spacial score (nSPS) is 19.8. The van der Waals surface area contributed by atoms with Gasteiger partial charge in [-0.25, -0.2) is 4.79 Å². The fraction of sp³-hybridized carbons (Fsp3) is 0.619. The molecule has 0 N–H and O–H groups in total. The van der Waals surface area contributed by atoms with Gasteiger partial charge < -0.3 is 14.4 Å². The zero-order valence-electron chi connectivity index (χ0n) is 16.4. The van der Waals surface area contributed by atoms with E-state index in [-0.39, 0.29) is 11.9 Å². The highest BCUT2D eigenvalue weighted by molar-refractivity contribution is 5.86. The summed E-state index contributed by atoms with van der Waals surface area (Å²) in [5, 5.41) is 0. The molecular formula is C21H30N2O4. The molecule has 2 aliphatic rings. The Morgan fingerprint density at radius 3 is 2.67 bits per heavy atom. The molecule has 2 fully saturated rings. The van der Waals surface area contributed by atoms with E-state index in [2.05, 4.69) is 4.90 Å². The molecular weight excluding hydrogens is 344 g/mol. The van der Waals surface area contributed by atoms with Crippen LogP contribution in [0.15, 0.2) is 24.3 Å². The molecule has 1 heterocycles. The average Bonchev–Trinajstić information content (AvgIpc) is 3.53. The fourth-order valence-corrected chi connectivity index (χ4v) is 3.78. The first-order valence-corrected chi connectivity index (χ1v) is 9.96. The third-order valence-electron chi connectivity index (χ3n) is 5.35. The van der Waals surface area contributed by atoms with Crippen molar-refractivity contribution in [3.05, 3.63) is 29.8 Å². The monoisotopic (exact) mass is 374 g/mol. The number of esters is 1. The quantitative estimate of drug-likeness (QED) is 0.655. The number of nitrogens with zero attached hydrogens (tertiary/aromatic N) is 2. The largest absolute Gasteiger partial charge is 0.496 e. The van der Waals surface area contributed by atoms with Crippen LogP contribution in [0.1, 0.15) is 44.6 Å². The number of amides is 1. The van der Waals surface area contributed by atoms with Crippen LogP contribution in [0.2, 0.25) is 0 Å². The van der Waals surface area contributed by atoms with Gasteiger partial charge in [0.25, 0.3) is 0 Å². The average molecular weight is 374 g/mol. The lowest BCUT2D eigenvalue weighted by Crippen LogP contribution is -2.51. The Morgan fingerprint density at radius 2 is 1.96 bits per heavy atom. The summed E-state index contributed by atoms with van der Waals surface area (Å²) in [6, 6.07) is 7.94. The highest BCUT2D eigenvalue weighted by Crippen LogP contribution is 2.30. The summed E-state index contributed by atoms with van der Waals surface area (Å²) in [4.78, 5) is 29.3. The molecule has 1 saturated heterocycles. The molecule has 1 aliphatic heterocycles. The van der Waals surface area contributed by atoms with E-state index in [1.54, 1.807) is 18.9 Å². The van der Waals surface area contributed by atoms with Crippen molar-refractivity contribution in [1.29, 1.82) is 0 Å². The van der Waals surface area contributed by atoms with E-state index in [1.165, 1.54) is 0 Å². The zero-order valence-corrected chi connectivity index (χ0v) is 16.4. The molecule has 0 bridgehead atoms. The molecule has 0 aromatic heterocycles. The predicted molar refractivity (Wildman–Crippen MR) is 102 cm³/mol. The number of likely N-dealkylation sites (tertiary alicyclic amines) is 1. The number of ether oxygens (including phenoxy) is 2. The Balaban J connectivity index is 1.68. The number of carbonyl (C=O) groups excluding carboxylic acids is 2. The second-order valence-corrected chi connectivity index (χ2v) is 7.30. The van der Waals surface area contributed by atoms with Crippen LogP contribution < -0.4 is 4.74 Å². The van der Waals surface area contributed by atoms with Crippen LogP contribution in [0.25, 0.3) is 0 Å². The van der Waals surface area contributed by atoms with E-state index in [0.29, 0.717) is 38.7 Å². The van der Waals surface area contributed by atoms with Crippen molar-refractivity contribution in [2.24, 2.45) is 0 Å². The van der Waals surface area contributed by atoms with Gasteiger partial charge in [-0.2, -0.15) is 0 Å². The standard InChI is InChI=1S/C21H30N2O4/c1-3-27-21(25)18-9-6-7-13-23(18)20(24)15-22(17-11-12-17)14-16-8-4-5-10-19(16)26-2/h4-5,8,10,17-18H,3,6-7,9,11-15H2,1-2H3. The van der Waals surface area contributed by atoms with Crippen molar-refractivity contribution in [1.82, 2.24) is 9.80 Å². The van der Waals surface area contributed by atoms with Crippen LogP contribution >= 0.6 is 0 Å². The van der Waals surface area contributed by atoms with Crippen LogP contribution in [0, 0.1) is 0 Å². The van der Waals surface area contributed by atoms with E-state index < -0.39 is 6.04 Å². The second-order valence-electron chi connectivity index (χ2n) is 7.30. The number of methoxy groups -OCH3 is 1. The van der Waals surface area contributed by atoms with Crippen molar-refractivity contribution in [3.8, 4) is 5.75 Å². The summed E-state index contributed by atoms with van der Waals surface area (Å²) in [7, 11) is 1.67. The maximum Gasteiger partial charge on any atom is 0.328 e. The van der Waals surface area contributed by atoms with E-state index in [1.807, 2.05) is 24.3 Å². The molecule has 1 aliphatic carbocycles. The van der Waals surface area contributed by atoms with Gasteiger partial charge in [-0.05, 0) is 45.1 Å². The number of hydrogen-bond acceptors (Lipinski definition) is 5. The molecule has 1 atom stereocenters. The Hall–Kier alpha value is -2.08. The van der Waals surface area contributed by atoms with Crippen LogP contribution in [0.4, 0.5) is 0 Å². The van der Waals surface area contributed by atoms with E-state index in [0.717, 1.165) is 37.0 Å². The zero-order chi connectivity index (χ0) is 19.2. The summed E-state index contributed by atoms with van der Waals surface area (Å²) in [6.45, 7) is 3.79. The summed E-state index contributed by atoms with van der Waals surface area (Å²) < 4.78 is 10.6. The highest BCUT2D eigenvalue weighted by Gasteiger charge is 2.36. The third kappa shape index (κ3) is 5.01. The van der Waals surface area contributed by atoms with Crippen LogP contribution in [-0.2, 0) is 20.9 Å². The SMILES string of the molecule is CCOC(=O)C1CCCCN1C(=O)CN(Cc1ccccc1OC)C1CC1. The Morgan fingerprint density at radius 1 is 1.19 bits per heavy atom. The molecule has 27 heavy (non-hydrogen) atoms. The van der Waals surface area contributed by atoms with E-state index in [4.69, 9.17) is 9.47 Å². The number of piperidine rings is 1. The summed E-state index contributed by atoms with van der Waals surface area (Å²) in [5.41, 5.74) is 1.08. The molecule has 1 amide bonds. The molecule has 1 saturated carbocycles. The fourth-order valence-electron chi connectivity index (χ4n) is 3.78. The molecule has 0 spiro atoms. The van der Waals surface area contributed by atoms with Crippen molar-refractivity contribution >= 4 is 11.9 Å². The Kier molecular flexibility index (Phi) is 6.72. The summed E-state index contributed by atoms with van der Waals surface area (Å²) >= 11 is 0. The first-order valence-electron chi connectivity index (χ1n) is 9.96. The van der Waals surface area contributed by atoms with Crippen molar-refractivity contribution in [2.75, 3.05) is 26.8 Å². The minimum absolute atomic E-state index is 0.0227. The second kappa shape index (κ2) is 9.22. The highest BCUT2D eigenvalue weighted by atomic mass is 16.5. The summed E-state index contributed by atoms with van der Waals surface area (Å²) in [5.74, 6) is 0.598. The van der Waals surface area contributed by atoms with Gasteiger partial charge in [-0.15, -0.1) is 0 Å². The van der Waals surface area contributed by atoms with E-state index in [9.17, 15) is 9.59 Å². The van der Waals surface area contributed by atoms with Gasteiger partial charge in [0.2, 0.25) is 5.91 Å². The maximum atomic E-state index is 13.0. The van der Waals surface area contributed by atoms with Crippen molar-refractivity contribution < 1.29 is 19.1 Å². The van der Waals surface area contributed by atoms with Crippen LogP contribution in [-0.4, -0.2) is 60.6 Å². The molecule has 3 rings (SSSR count). The number of rotatable bonds is 8. The lowest BCUT2D eigenvalue weighted by Gasteiger charge is -2.35. The first-order chi connectivity index (χ1) is 13.1. The van der Waals surface area contributed by atoms with Gasteiger partial charge in [0, 0.05) is 24.7 Å². The number of para-hydroxylation sites is 1. The lowest BCUT2D eigenvalue weighted by molar-refractivity contribution is -0.157. The smallest absolute Gasteiger partial charge is 0.328 e. The lowest BCUT2D eigenvalue weighted by atomic mass is 10.0. The molecule has 6 heteroatoms. The van der Waals surface area contributed by atoms with Gasteiger partial charge >= 0.3 is 5.97 Å².